The molecule has 7 heteroatoms. The summed E-state index contributed by atoms with van der Waals surface area (Å²) in [6.45, 7) is 8.09. The lowest BCUT2D eigenvalue weighted by Gasteiger charge is -2.29. The van der Waals surface area contributed by atoms with Gasteiger partial charge in [-0.2, -0.15) is 0 Å². The van der Waals surface area contributed by atoms with Crippen molar-refractivity contribution in [3.63, 3.8) is 0 Å². The van der Waals surface area contributed by atoms with Gasteiger partial charge in [-0.05, 0) is 18.2 Å². The molecule has 1 aliphatic heterocycles. The molecule has 0 spiro atoms. The van der Waals surface area contributed by atoms with Crippen LogP contribution in [0.25, 0.3) is 11.4 Å². The second-order valence-electron chi connectivity index (χ2n) is 8.60. The minimum Gasteiger partial charge on any atom is -0.325 e. The standard InChI is InChI=1S/C23H26N6O/c1-23(2,3)22(30)28-19-6-10-25-12-17(19)14-29-11-7-20-18(15-29)13-26-21(27-20)16-4-8-24-9-5-16/h4-6,8-10,12-13H,7,11,14-15H2,1-3H3,(H,25,28,30). The van der Waals surface area contributed by atoms with Gasteiger partial charge < -0.3 is 5.32 Å². The highest BCUT2D eigenvalue weighted by Crippen LogP contribution is 2.25. The van der Waals surface area contributed by atoms with Gasteiger partial charge in [0.25, 0.3) is 0 Å². The maximum Gasteiger partial charge on any atom is 0.229 e. The lowest BCUT2D eigenvalue weighted by atomic mass is 9.95. The highest BCUT2D eigenvalue weighted by Gasteiger charge is 2.23. The van der Waals surface area contributed by atoms with Gasteiger partial charge in [0.2, 0.25) is 5.91 Å². The fraction of sp³-hybridized carbons (Fsp3) is 0.348. The molecule has 4 heterocycles. The zero-order valence-corrected chi connectivity index (χ0v) is 17.6. The van der Waals surface area contributed by atoms with Gasteiger partial charge in [0.1, 0.15) is 0 Å². The zero-order valence-electron chi connectivity index (χ0n) is 17.6. The Kier molecular flexibility index (Phi) is 5.55. The Bertz CT molecular complexity index is 1050. The van der Waals surface area contributed by atoms with E-state index in [1.54, 1.807) is 18.6 Å². The molecule has 3 aromatic heterocycles. The van der Waals surface area contributed by atoms with Crippen LogP contribution >= 0.6 is 0 Å². The number of nitrogens with one attached hydrogen (secondary N) is 1. The summed E-state index contributed by atoms with van der Waals surface area (Å²) in [5, 5.41) is 3.05. The quantitative estimate of drug-likeness (QED) is 0.719. The molecule has 4 rings (SSSR count). The Labute approximate surface area is 176 Å². The van der Waals surface area contributed by atoms with Crippen LogP contribution in [0.2, 0.25) is 0 Å². The second-order valence-corrected chi connectivity index (χ2v) is 8.60. The molecule has 1 N–H and O–H groups in total. The van der Waals surface area contributed by atoms with Crippen LogP contribution in [-0.2, 0) is 24.3 Å². The van der Waals surface area contributed by atoms with E-state index in [0.29, 0.717) is 6.54 Å². The third-order valence-corrected chi connectivity index (χ3v) is 5.18. The minimum atomic E-state index is -0.450. The molecule has 1 amide bonds. The van der Waals surface area contributed by atoms with Crippen LogP contribution < -0.4 is 5.32 Å². The number of carbonyl (C=O) groups excluding carboxylic acids is 1. The summed E-state index contributed by atoms with van der Waals surface area (Å²) in [5.74, 6) is 0.736. The molecule has 0 radical (unpaired) electrons. The van der Waals surface area contributed by atoms with Gasteiger partial charge in [-0.3, -0.25) is 19.7 Å². The first-order chi connectivity index (χ1) is 14.4. The zero-order chi connectivity index (χ0) is 21.1. The summed E-state index contributed by atoms with van der Waals surface area (Å²) in [6, 6.07) is 5.71. The van der Waals surface area contributed by atoms with E-state index in [0.717, 1.165) is 53.4 Å². The van der Waals surface area contributed by atoms with Crippen LogP contribution in [-0.4, -0.2) is 37.3 Å². The van der Waals surface area contributed by atoms with Gasteiger partial charge in [0, 0.05) is 84.8 Å². The van der Waals surface area contributed by atoms with Crippen molar-refractivity contribution in [2.24, 2.45) is 5.41 Å². The van der Waals surface area contributed by atoms with Gasteiger partial charge in [-0.15, -0.1) is 0 Å². The number of pyridine rings is 2. The summed E-state index contributed by atoms with van der Waals surface area (Å²) in [6.07, 6.45) is 9.84. The van der Waals surface area contributed by atoms with Gasteiger partial charge in [0.05, 0.1) is 5.69 Å². The second kappa shape index (κ2) is 8.28. The monoisotopic (exact) mass is 402 g/mol. The predicted octanol–water partition coefficient (Wildman–Crippen LogP) is 3.48. The third-order valence-electron chi connectivity index (χ3n) is 5.18. The van der Waals surface area contributed by atoms with Gasteiger partial charge in [0.15, 0.2) is 5.82 Å². The van der Waals surface area contributed by atoms with E-state index in [2.05, 4.69) is 25.2 Å². The van der Waals surface area contributed by atoms with Crippen LogP contribution in [0.5, 0.6) is 0 Å². The molecule has 7 nitrogen and oxygen atoms in total. The predicted molar refractivity (Wildman–Crippen MR) is 115 cm³/mol. The lowest BCUT2D eigenvalue weighted by Crippen LogP contribution is -2.32. The average molecular weight is 403 g/mol. The van der Waals surface area contributed by atoms with Crippen molar-refractivity contribution in [3.05, 3.63) is 66.0 Å². The van der Waals surface area contributed by atoms with Gasteiger partial charge in [-0.25, -0.2) is 9.97 Å². The highest BCUT2D eigenvalue weighted by atomic mass is 16.2. The van der Waals surface area contributed by atoms with Gasteiger partial charge >= 0.3 is 0 Å². The maximum absolute atomic E-state index is 12.4. The van der Waals surface area contributed by atoms with Crippen LogP contribution in [0.15, 0.2) is 49.2 Å². The Morgan fingerprint density at radius 3 is 2.63 bits per heavy atom. The number of anilines is 1. The highest BCUT2D eigenvalue weighted by molar-refractivity contribution is 5.95. The molecule has 0 saturated carbocycles. The maximum atomic E-state index is 12.4. The molecule has 0 bridgehead atoms. The first kappa shape index (κ1) is 20.1. The van der Waals surface area contributed by atoms with Crippen molar-refractivity contribution in [1.82, 2.24) is 24.8 Å². The Morgan fingerprint density at radius 1 is 1.10 bits per heavy atom. The van der Waals surface area contributed by atoms with Crippen molar-refractivity contribution in [2.45, 2.75) is 40.3 Å². The van der Waals surface area contributed by atoms with E-state index in [-0.39, 0.29) is 5.91 Å². The van der Waals surface area contributed by atoms with Crippen molar-refractivity contribution in [1.29, 1.82) is 0 Å². The summed E-state index contributed by atoms with van der Waals surface area (Å²) in [7, 11) is 0. The summed E-state index contributed by atoms with van der Waals surface area (Å²) in [4.78, 5) is 32.4. The molecule has 154 valence electrons. The first-order valence-electron chi connectivity index (χ1n) is 10.1. The molecule has 0 aromatic carbocycles. The molecule has 0 unspecified atom stereocenters. The van der Waals surface area contributed by atoms with E-state index in [1.165, 1.54) is 0 Å². The molecule has 30 heavy (non-hydrogen) atoms. The minimum absolute atomic E-state index is 0.00372. The van der Waals surface area contributed by atoms with E-state index < -0.39 is 5.41 Å². The molecule has 3 aromatic rings. The molecule has 0 aliphatic carbocycles. The number of carbonyl (C=O) groups is 1. The normalized spacial score (nSPS) is 14.2. The number of amides is 1. The topological polar surface area (TPSA) is 83.9 Å². The van der Waals surface area contributed by atoms with E-state index in [9.17, 15) is 4.79 Å². The van der Waals surface area contributed by atoms with Crippen molar-refractivity contribution in [2.75, 3.05) is 11.9 Å². The Hall–Kier alpha value is -3.19. The summed E-state index contributed by atoms with van der Waals surface area (Å²) >= 11 is 0. The molecular formula is C23H26N6O. The van der Waals surface area contributed by atoms with Crippen LogP contribution in [0.3, 0.4) is 0 Å². The average Bonchev–Trinajstić information content (AvgIpc) is 2.74. The largest absolute Gasteiger partial charge is 0.325 e. The third kappa shape index (κ3) is 4.52. The van der Waals surface area contributed by atoms with E-state index in [4.69, 9.17) is 4.98 Å². The van der Waals surface area contributed by atoms with Crippen LogP contribution in [0, 0.1) is 5.41 Å². The van der Waals surface area contributed by atoms with Crippen molar-refractivity contribution in [3.8, 4) is 11.4 Å². The lowest BCUT2D eigenvalue weighted by molar-refractivity contribution is -0.123. The first-order valence-corrected chi connectivity index (χ1v) is 10.1. The van der Waals surface area contributed by atoms with E-state index in [1.807, 2.05) is 51.4 Å². The molecule has 1 aliphatic rings. The van der Waals surface area contributed by atoms with Crippen LogP contribution in [0.4, 0.5) is 5.69 Å². The number of hydrogen-bond acceptors (Lipinski definition) is 6. The molecule has 0 saturated heterocycles. The fourth-order valence-corrected chi connectivity index (χ4v) is 3.38. The Morgan fingerprint density at radius 2 is 1.87 bits per heavy atom. The number of rotatable bonds is 4. The van der Waals surface area contributed by atoms with Crippen molar-refractivity contribution < 1.29 is 4.79 Å². The SMILES string of the molecule is CC(C)(C)C(=O)Nc1ccncc1CN1CCc2nc(-c3ccncc3)ncc2C1. The summed E-state index contributed by atoms with van der Waals surface area (Å²) in [5.41, 5.74) is 4.59. The molecule has 0 fully saturated rings. The summed E-state index contributed by atoms with van der Waals surface area (Å²) < 4.78 is 0. The van der Waals surface area contributed by atoms with Crippen molar-refractivity contribution >= 4 is 11.6 Å². The number of fused-ring (bicyclic) bond motifs is 1. The molecule has 0 atom stereocenters. The number of nitrogens with zero attached hydrogens (tertiary/aromatic N) is 5. The fourth-order valence-electron chi connectivity index (χ4n) is 3.38. The van der Waals surface area contributed by atoms with E-state index >= 15 is 0 Å². The van der Waals surface area contributed by atoms with Gasteiger partial charge in [-0.1, -0.05) is 20.8 Å². The number of aromatic nitrogens is 4. The molecular weight excluding hydrogens is 376 g/mol. The van der Waals surface area contributed by atoms with Crippen LogP contribution in [0.1, 0.15) is 37.6 Å². The smallest absolute Gasteiger partial charge is 0.229 e. The Balaban J connectivity index is 1.48. The number of hydrogen-bond donors (Lipinski definition) is 1.